The van der Waals surface area contributed by atoms with Crippen molar-refractivity contribution in [3.8, 4) is 11.5 Å². The van der Waals surface area contributed by atoms with Crippen molar-refractivity contribution in [1.82, 2.24) is 5.32 Å². The van der Waals surface area contributed by atoms with Crippen LogP contribution in [-0.4, -0.2) is 28.5 Å². The fourth-order valence-electron chi connectivity index (χ4n) is 2.16. The Bertz CT molecular complexity index is 384. The van der Waals surface area contributed by atoms with Gasteiger partial charge in [-0.25, -0.2) is 0 Å². The van der Waals surface area contributed by atoms with E-state index in [1.54, 1.807) is 18.2 Å². The Kier molecular flexibility index (Phi) is 5.63. The molecule has 0 radical (unpaired) electrons. The van der Waals surface area contributed by atoms with E-state index in [9.17, 15) is 10.2 Å². The molecule has 0 heterocycles. The molecule has 4 heteroatoms. The lowest BCUT2D eigenvalue weighted by atomic mass is 9.87. The smallest absolute Gasteiger partial charge is 0.124 e. The van der Waals surface area contributed by atoms with Gasteiger partial charge in [-0.3, -0.25) is 0 Å². The monoisotopic (exact) mass is 267 g/mol. The Morgan fingerprint density at radius 1 is 1.21 bits per heavy atom. The lowest BCUT2D eigenvalue weighted by molar-refractivity contribution is 0.232. The van der Waals surface area contributed by atoms with E-state index in [0.717, 1.165) is 19.4 Å². The summed E-state index contributed by atoms with van der Waals surface area (Å²) >= 11 is 0. The quantitative estimate of drug-likeness (QED) is 0.612. The molecule has 1 aromatic rings. The molecule has 0 bridgehead atoms. The highest BCUT2D eigenvalue weighted by atomic mass is 16.3. The normalized spacial score (nSPS) is 13.5. The number of hydrogen-bond acceptors (Lipinski definition) is 4. The predicted molar refractivity (Wildman–Crippen MR) is 76.3 cm³/mol. The van der Waals surface area contributed by atoms with Crippen molar-refractivity contribution >= 4 is 0 Å². The second-order valence-corrected chi connectivity index (χ2v) is 5.80. The molecule has 4 nitrogen and oxygen atoms in total. The number of aliphatic hydroxyl groups excluding tert-OH is 1. The van der Waals surface area contributed by atoms with E-state index in [2.05, 4.69) is 19.2 Å². The number of aromatic hydroxyl groups is 2. The van der Waals surface area contributed by atoms with Crippen LogP contribution in [-0.2, 0) is 0 Å². The number of hydrogen-bond donors (Lipinski definition) is 4. The van der Waals surface area contributed by atoms with Crippen molar-refractivity contribution in [2.24, 2.45) is 5.41 Å². The van der Waals surface area contributed by atoms with Gasteiger partial charge in [-0.15, -0.1) is 0 Å². The standard InChI is InChI=1S/C15H25NO3/c1-11(14-12(18)6-4-7-13(14)19)16-10-15(2,3)8-5-9-17/h4,6-7,11,16-19H,5,8-10H2,1-3H3. The Balaban J connectivity index is 2.63. The van der Waals surface area contributed by atoms with Gasteiger partial charge in [-0.1, -0.05) is 19.9 Å². The first kappa shape index (κ1) is 15.8. The summed E-state index contributed by atoms with van der Waals surface area (Å²) in [6.07, 6.45) is 1.71. The molecule has 0 saturated carbocycles. The average molecular weight is 267 g/mol. The van der Waals surface area contributed by atoms with E-state index < -0.39 is 0 Å². The van der Waals surface area contributed by atoms with Gasteiger partial charge in [-0.2, -0.15) is 0 Å². The van der Waals surface area contributed by atoms with Crippen LogP contribution >= 0.6 is 0 Å². The van der Waals surface area contributed by atoms with Crippen molar-refractivity contribution in [3.05, 3.63) is 23.8 Å². The molecule has 4 N–H and O–H groups in total. The van der Waals surface area contributed by atoms with Gasteiger partial charge in [0.05, 0.1) is 5.56 Å². The highest BCUT2D eigenvalue weighted by molar-refractivity contribution is 5.44. The summed E-state index contributed by atoms with van der Waals surface area (Å²) in [5.41, 5.74) is 0.595. The maximum absolute atomic E-state index is 9.80. The Labute approximate surface area is 115 Å². The third-order valence-electron chi connectivity index (χ3n) is 3.39. The molecule has 0 fully saturated rings. The van der Waals surface area contributed by atoms with Crippen LogP contribution in [0.4, 0.5) is 0 Å². The van der Waals surface area contributed by atoms with E-state index in [1.807, 2.05) is 6.92 Å². The van der Waals surface area contributed by atoms with E-state index in [1.165, 1.54) is 0 Å². The van der Waals surface area contributed by atoms with Gasteiger partial charge >= 0.3 is 0 Å². The van der Waals surface area contributed by atoms with E-state index in [4.69, 9.17) is 5.11 Å². The second kappa shape index (κ2) is 6.78. The minimum atomic E-state index is -0.130. The number of phenols is 2. The Morgan fingerprint density at radius 2 is 1.79 bits per heavy atom. The number of nitrogens with one attached hydrogen (secondary N) is 1. The van der Waals surface area contributed by atoms with Crippen LogP contribution in [0, 0.1) is 5.41 Å². The fraction of sp³-hybridized carbons (Fsp3) is 0.600. The molecule has 1 rings (SSSR count). The van der Waals surface area contributed by atoms with Crippen LogP contribution in [0.1, 0.15) is 45.2 Å². The first-order valence-corrected chi connectivity index (χ1v) is 6.72. The van der Waals surface area contributed by atoms with E-state index >= 15 is 0 Å². The highest BCUT2D eigenvalue weighted by Gasteiger charge is 2.20. The summed E-state index contributed by atoms with van der Waals surface area (Å²) in [5.74, 6) is 0.210. The van der Waals surface area contributed by atoms with Crippen LogP contribution < -0.4 is 5.32 Å². The molecule has 0 saturated heterocycles. The molecule has 108 valence electrons. The summed E-state index contributed by atoms with van der Waals surface area (Å²) in [5, 5.41) is 31.8. The van der Waals surface area contributed by atoms with Crippen LogP contribution in [0.3, 0.4) is 0 Å². The largest absolute Gasteiger partial charge is 0.507 e. The Morgan fingerprint density at radius 3 is 2.32 bits per heavy atom. The molecule has 1 unspecified atom stereocenters. The van der Waals surface area contributed by atoms with Crippen molar-refractivity contribution in [1.29, 1.82) is 0 Å². The van der Waals surface area contributed by atoms with Crippen molar-refractivity contribution < 1.29 is 15.3 Å². The zero-order valence-corrected chi connectivity index (χ0v) is 12.0. The maximum Gasteiger partial charge on any atom is 0.124 e. The molecular weight excluding hydrogens is 242 g/mol. The first-order chi connectivity index (χ1) is 8.87. The minimum absolute atomic E-state index is 0.0665. The summed E-state index contributed by atoms with van der Waals surface area (Å²) in [6.45, 7) is 7.14. The van der Waals surface area contributed by atoms with E-state index in [-0.39, 0.29) is 29.6 Å². The summed E-state index contributed by atoms with van der Waals surface area (Å²) in [4.78, 5) is 0. The molecule has 0 amide bonds. The van der Waals surface area contributed by atoms with Crippen LogP contribution in [0.5, 0.6) is 11.5 Å². The van der Waals surface area contributed by atoms with Crippen molar-refractivity contribution in [3.63, 3.8) is 0 Å². The molecule has 1 aromatic carbocycles. The number of phenolic OH excluding ortho intramolecular Hbond substituents is 2. The first-order valence-electron chi connectivity index (χ1n) is 6.72. The lowest BCUT2D eigenvalue weighted by Crippen LogP contribution is -2.31. The third-order valence-corrected chi connectivity index (χ3v) is 3.39. The molecule has 1 atom stereocenters. The lowest BCUT2D eigenvalue weighted by Gasteiger charge is -2.27. The van der Waals surface area contributed by atoms with Gasteiger partial charge in [0.15, 0.2) is 0 Å². The van der Waals surface area contributed by atoms with Gasteiger partial charge < -0.3 is 20.6 Å². The number of rotatable bonds is 7. The van der Waals surface area contributed by atoms with Gasteiger partial charge in [0.25, 0.3) is 0 Å². The summed E-state index contributed by atoms with van der Waals surface area (Å²) in [6, 6.07) is 4.63. The third kappa shape index (κ3) is 4.73. The Hall–Kier alpha value is -1.26. The molecule has 0 aliphatic heterocycles. The minimum Gasteiger partial charge on any atom is -0.507 e. The molecule has 0 aromatic heterocycles. The van der Waals surface area contributed by atoms with Crippen molar-refractivity contribution in [2.45, 2.75) is 39.7 Å². The fourth-order valence-corrected chi connectivity index (χ4v) is 2.16. The number of aliphatic hydroxyl groups is 1. The SMILES string of the molecule is CC(NCC(C)(C)CCCO)c1c(O)cccc1O. The second-order valence-electron chi connectivity index (χ2n) is 5.80. The van der Waals surface area contributed by atoms with Gasteiger partial charge in [0.1, 0.15) is 11.5 Å². The van der Waals surface area contributed by atoms with Gasteiger partial charge in [0, 0.05) is 19.2 Å². The van der Waals surface area contributed by atoms with Crippen molar-refractivity contribution in [2.75, 3.05) is 13.2 Å². The number of benzene rings is 1. The van der Waals surface area contributed by atoms with Crippen LogP contribution in [0.15, 0.2) is 18.2 Å². The van der Waals surface area contributed by atoms with Gasteiger partial charge in [0.2, 0.25) is 0 Å². The molecule has 0 spiro atoms. The van der Waals surface area contributed by atoms with Gasteiger partial charge in [-0.05, 0) is 37.3 Å². The molecule has 19 heavy (non-hydrogen) atoms. The predicted octanol–water partition coefficient (Wildman–Crippen LogP) is 2.55. The van der Waals surface area contributed by atoms with E-state index in [0.29, 0.717) is 5.56 Å². The zero-order chi connectivity index (χ0) is 14.5. The summed E-state index contributed by atoms with van der Waals surface area (Å²) < 4.78 is 0. The van der Waals surface area contributed by atoms with Crippen LogP contribution in [0.2, 0.25) is 0 Å². The topological polar surface area (TPSA) is 72.7 Å². The highest BCUT2D eigenvalue weighted by Crippen LogP contribution is 2.32. The van der Waals surface area contributed by atoms with Crippen LogP contribution in [0.25, 0.3) is 0 Å². The molecular formula is C15H25NO3. The average Bonchev–Trinajstić information content (AvgIpc) is 2.34. The maximum atomic E-state index is 9.80. The molecule has 0 aliphatic rings. The zero-order valence-electron chi connectivity index (χ0n) is 12.0. The summed E-state index contributed by atoms with van der Waals surface area (Å²) in [7, 11) is 0. The molecule has 0 aliphatic carbocycles.